The first-order valence-corrected chi connectivity index (χ1v) is 11.7. The molecule has 3 aliphatic rings. The molecule has 4 rings (SSSR count). The van der Waals surface area contributed by atoms with Crippen molar-refractivity contribution in [1.82, 2.24) is 20.4 Å². The number of phenols is 1. The third kappa shape index (κ3) is 5.04. The number of piperidine rings is 1. The van der Waals surface area contributed by atoms with Crippen LogP contribution in [0, 0.1) is 5.41 Å². The summed E-state index contributed by atoms with van der Waals surface area (Å²) in [6, 6.07) is 5.75. The summed E-state index contributed by atoms with van der Waals surface area (Å²) in [6.45, 7) is 8.84. The Kier molecular flexibility index (Phi) is 6.08. The lowest BCUT2D eigenvalue weighted by Gasteiger charge is -2.49. The van der Waals surface area contributed by atoms with Crippen LogP contribution in [-0.4, -0.2) is 44.9 Å². The van der Waals surface area contributed by atoms with E-state index in [1.54, 1.807) is 18.2 Å². The van der Waals surface area contributed by atoms with E-state index in [9.17, 15) is 5.11 Å². The molecule has 0 aromatic heterocycles. The zero-order valence-corrected chi connectivity index (χ0v) is 20.7. The van der Waals surface area contributed by atoms with Crippen molar-refractivity contribution in [1.29, 1.82) is 5.41 Å². The average molecular weight is 461 g/mol. The maximum Gasteiger partial charge on any atom is 0.125 e. The molecule has 0 bridgehead atoms. The molecule has 0 aliphatic carbocycles. The molecule has 180 valence electrons. The number of likely N-dealkylation sites (N-methyl/N-ethyl adjacent to an activating group) is 1. The highest BCUT2D eigenvalue weighted by Crippen LogP contribution is 2.31. The van der Waals surface area contributed by atoms with Gasteiger partial charge in [0.2, 0.25) is 0 Å². The molecule has 7 nitrogen and oxygen atoms in total. The summed E-state index contributed by atoms with van der Waals surface area (Å²) in [5.74, 6) is 1.48. The Morgan fingerprint density at radius 1 is 1.18 bits per heavy atom. The van der Waals surface area contributed by atoms with Crippen molar-refractivity contribution in [2.45, 2.75) is 57.7 Å². The smallest absolute Gasteiger partial charge is 0.125 e. The summed E-state index contributed by atoms with van der Waals surface area (Å²) in [6.07, 6.45) is 15.2. The predicted octanol–water partition coefficient (Wildman–Crippen LogP) is 2.13. The van der Waals surface area contributed by atoms with Crippen LogP contribution in [0.3, 0.4) is 0 Å². The van der Waals surface area contributed by atoms with Gasteiger partial charge in [0.05, 0.1) is 0 Å². The van der Waals surface area contributed by atoms with Gasteiger partial charge in [-0.3, -0.25) is 5.41 Å². The minimum atomic E-state index is 0.00739. The molecule has 3 aliphatic heterocycles. The van der Waals surface area contributed by atoms with Crippen molar-refractivity contribution in [2.75, 3.05) is 7.05 Å². The van der Waals surface area contributed by atoms with Crippen LogP contribution in [-0.2, 0) is 0 Å². The number of hydrogen-bond acceptors (Lipinski definition) is 6. The number of nitrogens with one attached hydrogen (secondary N) is 3. The Balaban J connectivity index is 1.53. The Hall–Kier alpha value is -3.45. The highest BCUT2D eigenvalue weighted by molar-refractivity contribution is 5.91. The molecule has 7 heteroatoms. The van der Waals surface area contributed by atoms with E-state index in [0.717, 1.165) is 29.5 Å². The van der Waals surface area contributed by atoms with Crippen LogP contribution >= 0.6 is 0 Å². The van der Waals surface area contributed by atoms with E-state index < -0.39 is 0 Å². The molecule has 0 radical (unpaired) electrons. The zero-order chi connectivity index (χ0) is 24.7. The van der Waals surface area contributed by atoms with E-state index in [1.165, 1.54) is 0 Å². The molecular formula is C27H36N6O. The van der Waals surface area contributed by atoms with Gasteiger partial charge in [-0.15, -0.1) is 0 Å². The first-order chi connectivity index (χ1) is 15.9. The lowest BCUT2D eigenvalue weighted by molar-refractivity contribution is 0.114. The quantitative estimate of drug-likeness (QED) is 0.350. The van der Waals surface area contributed by atoms with Crippen LogP contribution in [0.5, 0.6) is 5.75 Å². The van der Waals surface area contributed by atoms with Gasteiger partial charge in [0.25, 0.3) is 0 Å². The van der Waals surface area contributed by atoms with Gasteiger partial charge in [-0.2, -0.15) is 0 Å². The van der Waals surface area contributed by atoms with E-state index >= 15 is 0 Å². The first-order valence-electron chi connectivity index (χ1n) is 11.7. The normalized spacial score (nSPS) is 23.4. The highest BCUT2D eigenvalue weighted by Gasteiger charge is 2.39. The third-order valence-electron chi connectivity index (χ3n) is 6.61. The Labute approximate surface area is 201 Å². The molecule has 34 heavy (non-hydrogen) atoms. The Bertz CT molecular complexity index is 1220. The molecule has 3 heterocycles. The van der Waals surface area contributed by atoms with Crippen molar-refractivity contribution in [3.63, 3.8) is 0 Å². The van der Waals surface area contributed by atoms with E-state index in [2.05, 4.69) is 38.3 Å². The Morgan fingerprint density at radius 3 is 2.56 bits per heavy atom. The van der Waals surface area contributed by atoms with Crippen molar-refractivity contribution < 1.29 is 5.11 Å². The SMILES string of the molecule is CN(C(=N)C=CC(N)=c1ccc(=C2C=CN3C=CNC3=C2)cc1O)C1CC(C)(C)NC(C)(C)C1. The van der Waals surface area contributed by atoms with E-state index in [-0.39, 0.29) is 22.9 Å². The molecule has 1 aromatic rings. The molecule has 0 atom stereocenters. The average Bonchev–Trinajstić information content (AvgIpc) is 3.22. The number of amidine groups is 1. The topological polar surface area (TPSA) is 101 Å². The number of phenolic OH excluding ortho intramolecular Hbond substituents is 1. The lowest BCUT2D eigenvalue weighted by Crippen LogP contribution is -2.62. The number of benzene rings is 1. The summed E-state index contributed by atoms with van der Waals surface area (Å²) >= 11 is 0. The van der Waals surface area contributed by atoms with E-state index in [0.29, 0.717) is 16.8 Å². The minimum absolute atomic E-state index is 0.00739. The van der Waals surface area contributed by atoms with Gasteiger partial charge in [0.1, 0.15) is 17.4 Å². The number of nitrogens with zero attached hydrogens (tertiary/aromatic N) is 2. The maximum atomic E-state index is 10.7. The van der Waals surface area contributed by atoms with Gasteiger partial charge >= 0.3 is 0 Å². The summed E-state index contributed by atoms with van der Waals surface area (Å²) < 4.78 is 0. The second kappa shape index (κ2) is 8.72. The fourth-order valence-corrected chi connectivity index (χ4v) is 5.21. The standard InChI is InChI=1S/C27H36N6O/c1-26(2)16-20(17-27(3,4)31-26)32(5)24(29)9-8-22(28)21-7-6-18(14-23(21)34)19-10-12-33-13-11-30-25(33)15-19/h6-15,20,29-31,34H,16-17,28H2,1-5H3. The lowest BCUT2D eigenvalue weighted by atomic mass is 9.79. The molecule has 6 N–H and O–H groups in total. The first kappa shape index (κ1) is 23.7. The van der Waals surface area contributed by atoms with Crippen LogP contribution in [0.1, 0.15) is 40.5 Å². The molecule has 0 saturated carbocycles. The Morgan fingerprint density at radius 2 is 1.88 bits per heavy atom. The molecular weight excluding hydrogens is 424 g/mol. The molecule has 1 aromatic carbocycles. The summed E-state index contributed by atoms with van der Waals surface area (Å²) in [4.78, 5) is 4.01. The van der Waals surface area contributed by atoms with Crippen molar-refractivity contribution >= 4 is 17.1 Å². The van der Waals surface area contributed by atoms with Gasteiger partial charge < -0.3 is 31.3 Å². The monoisotopic (exact) mass is 460 g/mol. The van der Waals surface area contributed by atoms with Gasteiger partial charge in [0, 0.05) is 53.7 Å². The summed E-state index contributed by atoms with van der Waals surface area (Å²) in [7, 11) is 1.97. The number of aromatic hydroxyl groups is 1. The van der Waals surface area contributed by atoms with Crippen LogP contribution in [0.25, 0.3) is 11.3 Å². The number of allylic oxidation sites excluding steroid dienone is 2. The van der Waals surface area contributed by atoms with Crippen LogP contribution < -0.4 is 26.8 Å². The maximum absolute atomic E-state index is 10.7. The zero-order valence-electron chi connectivity index (χ0n) is 20.7. The van der Waals surface area contributed by atoms with Gasteiger partial charge in [0.15, 0.2) is 0 Å². The fourth-order valence-electron chi connectivity index (χ4n) is 5.21. The van der Waals surface area contributed by atoms with Gasteiger partial charge in [-0.05, 0) is 87.8 Å². The van der Waals surface area contributed by atoms with Crippen LogP contribution in [0.15, 0.2) is 66.9 Å². The second-order valence-corrected chi connectivity index (χ2v) is 10.6. The summed E-state index contributed by atoms with van der Waals surface area (Å²) in [5, 5.41) is 27.6. The number of nitrogens with two attached hydrogens (primary N) is 1. The largest absolute Gasteiger partial charge is 0.507 e. The van der Waals surface area contributed by atoms with Crippen molar-refractivity contribution in [3.05, 3.63) is 77.4 Å². The fraction of sp³-hybridized carbons (Fsp3) is 0.370. The molecule has 0 amide bonds. The predicted molar refractivity (Wildman–Crippen MR) is 139 cm³/mol. The van der Waals surface area contributed by atoms with Gasteiger partial charge in [-0.25, -0.2) is 0 Å². The molecule has 1 saturated heterocycles. The van der Waals surface area contributed by atoms with E-state index in [1.807, 2.05) is 59.7 Å². The molecule has 0 unspecified atom stereocenters. The molecule has 0 spiro atoms. The van der Waals surface area contributed by atoms with Crippen LogP contribution in [0.4, 0.5) is 0 Å². The number of hydrogen-bond donors (Lipinski definition) is 5. The number of rotatable bonds is 3. The van der Waals surface area contributed by atoms with Crippen molar-refractivity contribution in [2.24, 2.45) is 5.73 Å². The minimum Gasteiger partial charge on any atom is -0.507 e. The van der Waals surface area contributed by atoms with E-state index in [4.69, 9.17) is 11.1 Å². The highest BCUT2D eigenvalue weighted by atomic mass is 16.3. The van der Waals surface area contributed by atoms with Gasteiger partial charge in [-0.1, -0.05) is 6.07 Å². The number of fused-ring (bicyclic) bond motifs is 1. The third-order valence-corrected chi connectivity index (χ3v) is 6.61. The van der Waals surface area contributed by atoms with Crippen LogP contribution in [0.2, 0.25) is 0 Å². The molecule has 1 fully saturated rings. The van der Waals surface area contributed by atoms with Crippen molar-refractivity contribution in [3.8, 4) is 5.75 Å². The summed E-state index contributed by atoms with van der Waals surface area (Å²) in [5.41, 5.74) is 7.72. The second-order valence-electron chi connectivity index (χ2n) is 10.6.